The lowest BCUT2D eigenvalue weighted by Gasteiger charge is -2.16. The van der Waals surface area contributed by atoms with Crippen LogP contribution in [-0.2, 0) is 11.3 Å². The molecule has 0 aliphatic carbocycles. The molecule has 0 N–H and O–H groups in total. The molecule has 0 radical (unpaired) electrons. The van der Waals surface area contributed by atoms with E-state index >= 15 is 0 Å². The minimum atomic E-state index is 0.143. The van der Waals surface area contributed by atoms with E-state index in [1.807, 2.05) is 42.5 Å². The van der Waals surface area contributed by atoms with Crippen LogP contribution in [0.5, 0.6) is 5.75 Å². The van der Waals surface area contributed by atoms with E-state index in [9.17, 15) is 0 Å². The van der Waals surface area contributed by atoms with Crippen LogP contribution in [-0.4, -0.2) is 11.5 Å². The van der Waals surface area contributed by atoms with Gasteiger partial charge in [0, 0.05) is 4.43 Å². The van der Waals surface area contributed by atoms with Gasteiger partial charge in [-0.1, -0.05) is 65.1 Å². The van der Waals surface area contributed by atoms with Crippen molar-refractivity contribution in [2.45, 2.75) is 12.7 Å². The Bertz CT molecular complexity index is 482. The second kappa shape index (κ2) is 7.50. The van der Waals surface area contributed by atoms with Crippen molar-refractivity contribution < 1.29 is 9.47 Å². The molecule has 0 bridgehead atoms. The van der Waals surface area contributed by atoms with Crippen LogP contribution < -0.4 is 4.74 Å². The van der Waals surface area contributed by atoms with E-state index in [0.29, 0.717) is 6.61 Å². The lowest BCUT2D eigenvalue weighted by molar-refractivity contribution is 0.0577. The quantitative estimate of drug-likeness (QED) is 0.556. The summed E-state index contributed by atoms with van der Waals surface area (Å²) in [5.74, 6) is 0.872. The first-order chi connectivity index (χ1) is 9.33. The predicted molar refractivity (Wildman–Crippen MR) is 85.9 cm³/mol. The maximum absolute atomic E-state index is 5.99. The Morgan fingerprint density at radius 1 is 1.00 bits per heavy atom. The summed E-state index contributed by atoms with van der Waals surface area (Å²) < 4.78 is 12.1. The lowest BCUT2D eigenvalue weighted by Crippen LogP contribution is -2.05. The van der Waals surface area contributed by atoms with Gasteiger partial charge in [-0.25, -0.2) is 0 Å². The number of ether oxygens (including phenoxy) is 2. The van der Waals surface area contributed by atoms with E-state index in [4.69, 9.17) is 9.47 Å². The first-order valence-electron chi connectivity index (χ1n) is 6.19. The zero-order chi connectivity index (χ0) is 13.5. The summed E-state index contributed by atoms with van der Waals surface area (Å²) in [4.78, 5) is 0. The lowest BCUT2D eigenvalue weighted by atomic mass is 10.1. The monoisotopic (exact) mass is 368 g/mol. The first-order valence-corrected chi connectivity index (χ1v) is 7.71. The molecule has 0 fully saturated rings. The molecule has 0 amide bonds. The number of benzene rings is 2. The number of hydrogen-bond acceptors (Lipinski definition) is 2. The summed E-state index contributed by atoms with van der Waals surface area (Å²) in [5, 5.41) is 0. The molecule has 19 heavy (non-hydrogen) atoms. The van der Waals surface area contributed by atoms with E-state index in [-0.39, 0.29) is 6.10 Å². The summed E-state index contributed by atoms with van der Waals surface area (Å²) >= 11 is 2.36. The third-order valence-corrected chi connectivity index (χ3v) is 3.72. The SMILES string of the molecule is COc1ccc(COC(CI)c2ccccc2)cc1. The molecule has 3 heteroatoms. The molecular formula is C16H17IO2. The molecule has 0 aliphatic rings. The van der Waals surface area contributed by atoms with Crippen LogP contribution in [0.1, 0.15) is 17.2 Å². The zero-order valence-electron chi connectivity index (χ0n) is 10.9. The van der Waals surface area contributed by atoms with Crippen molar-refractivity contribution in [2.75, 3.05) is 11.5 Å². The Labute approximate surface area is 127 Å². The second-order valence-corrected chi connectivity index (χ2v) is 5.09. The van der Waals surface area contributed by atoms with Crippen molar-refractivity contribution >= 4 is 22.6 Å². The molecule has 1 atom stereocenters. The van der Waals surface area contributed by atoms with E-state index in [2.05, 4.69) is 34.7 Å². The maximum Gasteiger partial charge on any atom is 0.118 e. The molecule has 0 aromatic heterocycles. The van der Waals surface area contributed by atoms with E-state index < -0.39 is 0 Å². The molecule has 2 rings (SSSR count). The van der Waals surface area contributed by atoms with Crippen molar-refractivity contribution in [3.05, 3.63) is 65.7 Å². The van der Waals surface area contributed by atoms with E-state index in [1.165, 1.54) is 5.56 Å². The van der Waals surface area contributed by atoms with Crippen LogP contribution >= 0.6 is 22.6 Å². The maximum atomic E-state index is 5.99. The number of rotatable bonds is 6. The second-order valence-electron chi connectivity index (χ2n) is 4.21. The largest absolute Gasteiger partial charge is 0.497 e. The molecule has 0 aliphatic heterocycles. The van der Waals surface area contributed by atoms with E-state index in [0.717, 1.165) is 15.7 Å². The average Bonchev–Trinajstić information content (AvgIpc) is 2.49. The Balaban J connectivity index is 1.96. The van der Waals surface area contributed by atoms with Gasteiger partial charge in [0.05, 0.1) is 19.8 Å². The highest BCUT2D eigenvalue weighted by Crippen LogP contribution is 2.22. The minimum absolute atomic E-state index is 0.143. The van der Waals surface area contributed by atoms with Crippen LogP contribution in [0.25, 0.3) is 0 Å². The third-order valence-electron chi connectivity index (χ3n) is 2.92. The van der Waals surface area contributed by atoms with Crippen LogP contribution in [0.3, 0.4) is 0 Å². The van der Waals surface area contributed by atoms with Gasteiger partial charge >= 0.3 is 0 Å². The highest BCUT2D eigenvalue weighted by Gasteiger charge is 2.09. The molecule has 0 spiro atoms. The van der Waals surface area contributed by atoms with Crippen molar-refractivity contribution in [1.82, 2.24) is 0 Å². The molecule has 100 valence electrons. The Hall–Kier alpha value is -1.07. The third kappa shape index (κ3) is 4.21. The molecular weight excluding hydrogens is 351 g/mol. The predicted octanol–water partition coefficient (Wildman–Crippen LogP) is 4.39. The molecule has 0 saturated heterocycles. The summed E-state index contributed by atoms with van der Waals surface area (Å²) in [5.41, 5.74) is 2.39. The topological polar surface area (TPSA) is 18.5 Å². The molecule has 0 saturated carbocycles. The van der Waals surface area contributed by atoms with Gasteiger partial charge in [0.25, 0.3) is 0 Å². The zero-order valence-corrected chi connectivity index (χ0v) is 13.0. The summed E-state index contributed by atoms with van der Waals surface area (Å²) in [6.07, 6.45) is 0.143. The van der Waals surface area contributed by atoms with Gasteiger partial charge in [-0.15, -0.1) is 0 Å². The van der Waals surface area contributed by atoms with Crippen LogP contribution in [0, 0.1) is 0 Å². The van der Waals surface area contributed by atoms with Gasteiger partial charge in [0.1, 0.15) is 5.75 Å². The molecule has 2 nitrogen and oxygen atoms in total. The highest BCUT2D eigenvalue weighted by atomic mass is 127. The van der Waals surface area contributed by atoms with Crippen molar-refractivity contribution in [1.29, 1.82) is 0 Å². The molecule has 2 aromatic rings. The van der Waals surface area contributed by atoms with Crippen LogP contribution in [0.4, 0.5) is 0 Å². The summed E-state index contributed by atoms with van der Waals surface area (Å²) in [7, 11) is 1.67. The molecule has 2 aromatic carbocycles. The van der Waals surface area contributed by atoms with Crippen molar-refractivity contribution in [3.8, 4) is 5.75 Å². The van der Waals surface area contributed by atoms with Gasteiger partial charge in [0.2, 0.25) is 0 Å². The van der Waals surface area contributed by atoms with Gasteiger partial charge < -0.3 is 9.47 Å². The number of methoxy groups -OCH3 is 1. The van der Waals surface area contributed by atoms with Gasteiger partial charge in [0.15, 0.2) is 0 Å². The number of hydrogen-bond donors (Lipinski definition) is 0. The summed E-state index contributed by atoms with van der Waals surface area (Å²) in [6, 6.07) is 18.3. The Morgan fingerprint density at radius 2 is 1.68 bits per heavy atom. The molecule has 1 unspecified atom stereocenters. The minimum Gasteiger partial charge on any atom is -0.497 e. The Kier molecular flexibility index (Phi) is 5.66. The van der Waals surface area contributed by atoms with Crippen molar-refractivity contribution in [3.63, 3.8) is 0 Å². The van der Waals surface area contributed by atoms with Crippen LogP contribution in [0.2, 0.25) is 0 Å². The van der Waals surface area contributed by atoms with E-state index in [1.54, 1.807) is 7.11 Å². The Morgan fingerprint density at radius 3 is 2.26 bits per heavy atom. The first kappa shape index (κ1) is 14.3. The highest BCUT2D eigenvalue weighted by molar-refractivity contribution is 14.1. The number of halogens is 1. The summed E-state index contributed by atoms with van der Waals surface area (Å²) in [6.45, 7) is 0.618. The fraction of sp³-hybridized carbons (Fsp3) is 0.250. The molecule has 0 heterocycles. The number of alkyl halides is 1. The fourth-order valence-corrected chi connectivity index (χ4v) is 2.58. The van der Waals surface area contributed by atoms with Gasteiger partial charge in [-0.3, -0.25) is 0 Å². The fourth-order valence-electron chi connectivity index (χ4n) is 1.82. The van der Waals surface area contributed by atoms with Crippen molar-refractivity contribution in [2.24, 2.45) is 0 Å². The average molecular weight is 368 g/mol. The smallest absolute Gasteiger partial charge is 0.118 e. The van der Waals surface area contributed by atoms with Gasteiger partial charge in [-0.2, -0.15) is 0 Å². The van der Waals surface area contributed by atoms with Crippen LogP contribution in [0.15, 0.2) is 54.6 Å². The normalized spacial score (nSPS) is 12.1. The van der Waals surface area contributed by atoms with Gasteiger partial charge in [-0.05, 0) is 23.3 Å². The standard InChI is InChI=1S/C16H17IO2/c1-18-15-9-7-13(8-10-15)12-19-16(11-17)14-5-3-2-4-6-14/h2-10,16H,11-12H2,1H3.